The van der Waals surface area contributed by atoms with E-state index in [1.165, 1.54) is 19.3 Å². The summed E-state index contributed by atoms with van der Waals surface area (Å²) in [6.45, 7) is 1.33. The highest BCUT2D eigenvalue weighted by atomic mass is 19.2. The van der Waals surface area contributed by atoms with Crippen molar-refractivity contribution >= 4 is 11.9 Å². The monoisotopic (exact) mass is 383 g/mol. The van der Waals surface area contributed by atoms with Gasteiger partial charge in [0.25, 0.3) is 5.91 Å². The van der Waals surface area contributed by atoms with Gasteiger partial charge in [-0.05, 0) is 36.8 Å². The van der Waals surface area contributed by atoms with Gasteiger partial charge in [0.1, 0.15) is 11.8 Å². The average molecular weight is 383 g/mol. The third-order valence-corrected chi connectivity index (χ3v) is 4.66. The molecule has 0 unspecified atom stereocenters. The summed E-state index contributed by atoms with van der Waals surface area (Å²) in [6.07, 6.45) is 1.37. The molecule has 142 valence electrons. The molecule has 3 aromatic rings. The van der Waals surface area contributed by atoms with E-state index < -0.39 is 29.1 Å². The summed E-state index contributed by atoms with van der Waals surface area (Å²) in [5.74, 6) is -2.35. The number of amides is 3. The Hall–Kier alpha value is -3.55. The van der Waals surface area contributed by atoms with E-state index in [-0.39, 0.29) is 12.1 Å². The zero-order valence-electron chi connectivity index (χ0n) is 14.8. The summed E-state index contributed by atoms with van der Waals surface area (Å²) in [7, 11) is 0. The fraction of sp³-hybridized carbons (Fsp3) is 0.150. The summed E-state index contributed by atoms with van der Waals surface area (Å²) in [5.41, 5.74) is -0.204. The van der Waals surface area contributed by atoms with Crippen LogP contribution >= 0.6 is 0 Å². The van der Waals surface area contributed by atoms with Crippen LogP contribution in [-0.2, 0) is 16.9 Å². The zero-order valence-corrected chi connectivity index (χ0v) is 14.8. The highest BCUT2D eigenvalue weighted by Gasteiger charge is 2.49. The Kier molecular flexibility index (Phi) is 4.18. The number of carbonyl (C=O) groups excluding carboxylic acids is 2. The molecule has 2 heterocycles. The SMILES string of the molecule is C[C@]1(c2ccc(F)c(F)c2)NC(=O)N(Cc2coc(-c3ccccc3)n2)C1=O. The van der Waals surface area contributed by atoms with Crippen molar-refractivity contribution in [1.82, 2.24) is 15.2 Å². The second kappa shape index (κ2) is 6.56. The van der Waals surface area contributed by atoms with Crippen LogP contribution in [-0.4, -0.2) is 21.8 Å². The summed E-state index contributed by atoms with van der Waals surface area (Å²) in [5, 5.41) is 2.54. The Morgan fingerprint density at radius 3 is 2.57 bits per heavy atom. The summed E-state index contributed by atoms with van der Waals surface area (Å²) in [6, 6.07) is 11.6. The fourth-order valence-electron chi connectivity index (χ4n) is 3.10. The summed E-state index contributed by atoms with van der Waals surface area (Å²) < 4.78 is 32.2. The Bertz CT molecular complexity index is 1070. The molecule has 0 radical (unpaired) electrons. The Morgan fingerprint density at radius 1 is 1.11 bits per heavy atom. The second-order valence-corrected chi connectivity index (χ2v) is 6.59. The molecule has 1 aliphatic heterocycles. The molecular formula is C20H15F2N3O3. The number of aromatic nitrogens is 1. The summed E-state index contributed by atoms with van der Waals surface area (Å²) >= 11 is 0. The van der Waals surface area contributed by atoms with Gasteiger partial charge in [0.05, 0.1) is 12.2 Å². The van der Waals surface area contributed by atoms with Crippen LogP contribution in [0.4, 0.5) is 13.6 Å². The molecule has 3 amide bonds. The molecule has 6 nitrogen and oxygen atoms in total. The van der Waals surface area contributed by atoms with E-state index in [0.29, 0.717) is 11.6 Å². The maximum Gasteiger partial charge on any atom is 0.325 e. The molecule has 0 aliphatic carbocycles. The highest BCUT2D eigenvalue weighted by Crippen LogP contribution is 2.31. The van der Waals surface area contributed by atoms with Crippen LogP contribution < -0.4 is 5.32 Å². The first-order chi connectivity index (χ1) is 13.4. The molecule has 0 bridgehead atoms. The first kappa shape index (κ1) is 17.8. The van der Waals surface area contributed by atoms with E-state index in [2.05, 4.69) is 10.3 Å². The van der Waals surface area contributed by atoms with Crippen molar-refractivity contribution < 1.29 is 22.8 Å². The number of hydrogen-bond donors (Lipinski definition) is 1. The van der Waals surface area contributed by atoms with Crippen LogP contribution in [0.2, 0.25) is 0 Å². The van der Waals surface area contributed by atoms with Crippen molar-refractivity contribution in [2.75, 3.05) is 0 Å². The summed E-state index contributed by atoms with van der Waals surface area (Å²) in [4.78, 5) is 30.5. The molecule has 1 atom stereocenters. The lowest BCUT2D eigenvalue weighted by Gasteiger charge is -2.22. The van der Waals surface area contributed by atoms with Crippen LogP contribution in [0.15, 0.2) is 59.2 Å². The number of nitrogens with zero attached hydrogens (tertiary/aromatic N) is 2. The Morgan fingerprint density at radius 2 is 1.86 bits per heavy atom. The van der Waals surface area contributed by atoms with Crippen LogP contribution in [0.25, 0.3) is 11.5 Å². The molecular weight excluding hydrogens is 368 g/mol. The molecule has 8 heteroatoms. The van der Waals surface area contributed by atoms with E-state index in [1.54, 1.807) is 0 Å². The lowest BCUT2D eigenvalue weighted by Crippen LogP contribution is -2.41. The van der Waals surface area contributed by atoms with Crippen molar-refractivity contribution in [2.24, 2.45) is 0 Å². The van der Waals surface area contributed by atoms with Gasteiger partial charge < -0.3 is 9.73 Å². The topological polar surface area (TPSA) is 75.4 Å². The second-order valence-electron chi connectivity index (χ2n) is 6.59. The number of benzene rings is 2. The first-order valence-corrected chi connectivity index (χ1v) is 8.48. The van der Waals surface area contributed by atoms with Crippen molar-refractivity contribution in [3.05, 3.63) is 77.7 Å². The molecule has 0 spiro atoms. The van der Waals surface area contributed by atoms with Crippen molar-refractivity contribution in [3.63, 3.8) is 0 Å². The van der Waals surface area contributed by atoms with Gasteiger partial charge in [-0.15, -0.1) is 0 Å². The standard InChI is InChI=1S/C20H15F2N3O3/c1-20(13-7-8-15(21)16(22)9-13)18(26)25(19(27)24-20)10-14-11-28-17(23-14)12-5-3-2-4-6-12/h2-9,11H,10H2,1H3,(H,24,27)/t20-/m1/s1. The zero-order chi connectivity index (χ0) is 19.9. The number of carbonyl (C=O) groups is 2. The molecule has 1 fully saturated rings. The van der Waals surface area contributed by atoms with Crippen molar-refractivity contribution in [1.29, 1.82) is 0 Å². The largest absolute Gasteiger partial charge is 0.444 e. The third kappa shape index (κ3) is 2.92. The smallest absolute Gasteiger partial charge is 0.325 e. The van der Waals surface area contributed by atoms with Gasteiger partial charge >= 0.3 is 6.03 Å². The molecule has 28 heavy (non-hydrogen) atoms. The predicted octanol–water partition coefficient (Wildman–Crippen LogP) is 3.59. The first-order valence-electron chi connectivity index (χ1n) is 8.48. The van der Waals surface area contributed by atoms with E-state index in [4.69, 9.17) is 4.42 Å². The molecule has 2 aromatic carbocycles. The maximum absolute atomic E-state index is 13.6. The van der Waals surface area contributed by atoms with E-state index in [1.807, 2.05) is 30.3 Å². The molecule has 1 aromatic heterocycles. The molecule has 1 aliphatic rings. The normalized spacial score (nSPS) is 19.2. The number of hydrogen-bond acceptors (Lipinski definition) is 4. The predicted molar refractivity (Wildman–Crippen MR) is 94.7 cm³/mol. The van der Waals surface area contributed by atoms with Gasteiger partial charge in [-0.3, -0.25) is 9.69 Å². The van der Waals surface area contributed by atoms with Crippen LogP contribution in [0, 0.1) is 11.6 Å². The van der Waals surface area contributed by atoms with Gasteiger partial charge in [-0.25, -0.2) is 18.6 Å². The molecule has 1 saturated heterocycles. The molecule has 0 saturated carbocycles. The third-order valence-electron chi connectivity index (χ3n) is 4.66. The maximum atomic E-state index is 13.6. The van der Waals surface area contributed by atoms with Gasteiger partial charge in [0, 0.05) is 5.56 Å². The number of oxazole rings is 1. The van der Waals surface area contributed by atoms with Crippen molar-refractivity contribution in [3.8, 4) is 11.5 Å². The average Bonchev–Trinajstić information content (AvgIpc) is 3.24. The van der Waals surface area contributed by atoms with Gasteiger partial charge in [-0.2, -0.15) is 0 Å². The number of nitrogens with one attached hydrogen (secondary N) is 1. The lowest BCUT2D eigenvalue weighted by atomic mass is 9.92. The number of halogens is 2. The number of urea groups is 1. The Labute approximate surface area is 158 Å². The lowest BCUT2D eigenvalue weighted by molar-refractivity contribution is -0.131. The van der Waals surface area contributed by atoms with Gasteiger partial charge in [0.2, 0.25) is 5.89 Å². The van der Waals surface area contributed by atoms with E-state index >= 15 is 0 Å². The van der Waals surface area contributed by atoms with Crippen molar-refractivity contribution in [2.45, 2.75) is 19.0 Å². The van der Waals surface area contributed by atoms with Gasteiger partial charge in [-0.1, -0.05) is 24.3 Å². The van der Waals surface area contributed by atoms with E-state index in [0.717, 1.165) is 22.6 Å². The van der Waals surface area contributed by atoms with Crippen LogP contribution in [0.5, 0.6) is 0 Å². The number of imide groups is 1. The van der Waals surface area contributed by atoms with Gasteiger partial charge in [0.15, 0.2) is 11.6 Å². The Balaban J connectivity index is 1.58. The fourth-order valence-corrected chi connectivity index (χ4v) is 3.10. The minimum Gasteiger partial charge on any atom is -0.444 e. The number of rotatable bonds is 4. The quantitative estimate of drug-likeness (QED) is 0.699. The minimum atomic E-state index is -1.50. The molecule has 4 rings (SSSR count). The molecule has 1 N–H and O–H groups in total. The van der Waals surface area contributed by atoms with E-state index in [9.17, 15) is 18.4 Å². The van der Waals surface area contributed by atoms with Crippen LogP contribution in [0.1, 0.15) is 18.2 Å². The minimum absolute atomic E-state index is 0.111. The highest BCUT2D eigenvalue weighted by molar-refractivity contribution is 6.07. The van der Waals surface area contributed by atoms with Crippen LogP contribution in [0.3, 0.4) is 0 Å².